The standard InChI is InChI=1S/C14H20O2/c1-2-3-4-5-6-12-7-8-13-14(11-12)16-10-9-15-13/h7-8,11H,2-6,9-10H2,1H3. The fourth-order valence-electron chi connectivity index (χ4n) is 2.00. The third-order valence-electron chi connectivity index (χ3n) is 2.93. The molecule has 0 atom stereocenters. The highest BCUT2D eigenvalue weighted by Crippen LogP contribution is 2.31. The van der Waals surface area contributed by atoms with Gasteiger partial charge < -0.3 is 9.47 Å². The van der Waals surface area contributed by atoms with Gasteiger partial charge in [0.2, 0.25) is 0 Å². The predicted octanol–water partition coefficient (Wildman–Crippen LogP) is 3.58. The van der Waals surface area contributed by atoms with Crippen LogP contribution < -0.4 is 9.47 Å². The van der Waals surface area contributed by atoms with Crippen molar-refractivity contribution in [2.75, 3.05) is 13.2 Å². The molecule has 16 heavy (non-hydrogen) atoms. The Morgan fingerprint density at radius 1 is 1.00 bits per heavy atom. The van der Waals surface area contributed by atoms with Crippen molar-refractivity contribution in [3.8, 4) is 11.5 Å². The Hall–Kier alpha value is -1.18. The van der Waals surface area contributed by atoms with Crippen LogP contribution in [0.3, 0.4) is 0 Å². The van der Waals surface area contributed by atoms with Gasteiger partial charge in [-0.3, -0.25) is 0 Å². The van der Waals surface area contributed by atoms with Crippen LogP contribution in [0.4, 0.5) is 0 Å². The number of hydrogen-bond acceptors (Lipinski definition) is 2. The quantitative estimate of drug-likeness (QED) is 0.706. The van der Waals surface area contributed by atoms with E-state index in [2.05, 4.69) is 19.1 Å². The summed E-state index contributed by atoms with van der Waals surface area (Å²) < 4.78 is 11.1. The third kappa shape index (κ3) is 2.91. The van der Waals surface area contributed by atoms with E-state index in [1.54, 1.807) is 0 Å². The van der Waals surface area contributed by atoms with Crippen LogP contribution in [0.1, 0.15) is 38.2 Å². The first-order valence-electron chi connectivity index (χ1n) is 6.28. The van der Waals surface area contributed by atoms with E-state index >= 15 is 0 Å². The Bertz CT molecular complexity index is 334. The van der Waals surface area contributed by atoms with Crippen molar-refractivity contribution in [2.45, 2.75) is 39.0 Å². The molecule has 0 unspecified atom stereocenters. The molecule has 2 nitrogen and oxygen atoms in total. The highest BCUT2D eigenvalue weighted by Gasteiger charge is 2.11. The van der Waals surface area contributed by atoms with Gasteiger partial charge in [0.1, 0.15) is 13.2 Å². The van der Waals surface area contributed by atoms with E-state index in [1.165, 1.54) is 31.2 Å². The first-order valence-corrected chi connectivity index (χ1v) is 6.28. The van der Waals surface area contributed by atoms with Crippen molar-refractivity contribution in [1.82, 2.24) is 0 Å². The van der Waals surface area contributed by atoms with Crippen molar-refractivity contribution in [2.24, 2.45) is 0 Å². The van der Waals surface area contributed by atoms with Gasteiger partial charge >= 0.3 is 0 Å². The number of ether oxygens (including phenoxy) is 2. The van der Waals surface area contributed by atoms with Crippen LogP contribution in [-0.4, -0.2) is 13.2 Å². The van der Waals surface area contributed by atoms with Crippen LogP contribution in [0.25, 0.3) is 0 Å². The SMILES string of the molecule is CCCCCCc1ccc2c(c1)OCCO2. The summed E-state index contributed by atoms with van der Waals surface area (Å²) in [5, 5.41) is 0. The summed E-state index contributed by atoms with van der Waals surface area (Å²) in [4.78, 5) is 0. The normalized spacial score (nSPS) is 13.8. The fraction of sp³-hybridized carbons (Fsp3) is 0.571. The maximum absolute atomic E-state index is 5.57. The van der Waals surface area contributed by atoms with Gasteiger partial charge in [0.25, 0.3) is 0 Å². The van der Waals surface area contributed by atoms with Crippen molar-refractivity contribution >= 4 is 0 Å². The monoisotopic (exact) mass is 220 g/mol. The molecule has 0 N–H and O–H groups in total. The summed E-state index contributed by atoms with van der Waals surface area (Å²) in [5.41, 5.74) is 1.36. The van der Waals surface area contributed by atoms with Crippen molar-refractivity contribution in [3.05, 3.63) is 23.8 Å². The van der Waals surface area contributed by atoms with Gasteiger partial charge in [-0.25, -0.2) is 0 Å². The number of hydrogen-bond donors (Lipinski definition) is 0. The fourth-order valence-corrected chi connectivity index (χ4v) is 2.00. The van der Waals surface area contributed by atoms with Crippen molar-refractivity contribution < 1.29 is 9.47 Å². The van der Waals surface area contributed by atoms with E-state index in [-0.39, 0.29) is 0 Å². The maximum atomic E-state index is 5.57. The van der Waals surface area contributed by atoms with Crippen molar-refractivity contribution in [3.63, 3.8) is 0 Å². The first-order chi connectivity index (χ1) is 7.90. The number of aryl methyl sites for hydroxylation is 1. The second kappa shape index (κ2) is 5.78. The van der Waals surface area contributed by atoms with Crippen LogP contribution in [-0.2, 0) is 6.42 Å². The van der Waals surface area contributed by atoms with Gasteiger partial charge in [0.15, 0.2) is 11.5 Å². The maximum Gasteiger partial charge on any atom is 0.161 e. The van der Waals surface area contributed by atoms with Crippen LogP contribution >= 0.6 is 0 Å². The van der Waals surface area contributed by atoms with Gasteiger partial charge in [0.05, 0.1) is 0 Å². The average molecular weight is 220 g/mol. The van der Waals surface area contributed by atoms with E-state index in [0.717, 1.165) is 17.9 Å². The number of benzene rings is 1. The van der Waals surface area contributed by atoms with E-state index in [0.29, 0.717) is 13.2 Å². The molecular weight excluding hydrogens is 200 g/mol. The molecule has 0 saturated carbocycles. The molecule has 2 rings (SSSR count). The molecule has 0 aliphatic carbocycles. The zero-order valence-electron chi connectivity index (χ0n) is 10.00. The highest BCUT2D eigenvalue weighted by molar-refractivity contribution is 5.43. The number of unbranched alkanes of at least 4 members (excludes halogenated alkanes) is 3. The van der Waals surface area contributed by atoms with E-state index in [4.69, 9.17) is 9.47 Å². The molecule has 1 aromatic carbocycles. The Kier molecular flexibility index (Phi) is 4.09. The second-order valence-corrected chi connectivity index (χ2v) is 4.29. The van der Waals surface area contributed by atoms with Crippen LogP contribution in [0, 0.1) is 0 Å². The Morgan fingerprint density at radius 3 is 2.62 bits per heavy atom. The zero-order valence-corrected chi connectivity index (χ0v) is 10.00. The molecule has 0 fully saturated rings. The second-order valence-electron chi connectivity index (χ2n) is 4.29. The molecule has 2 heteroatoms. The van der Waals surface area contributed by atoms with Gasteiger partial charge in [-0.2, -0.15) is 0 Å². The molecule has 0 amide bonds. The minimum Gasteiger partial charge on any atom is -0.486 e. The van der Waals surface area contributed by atoms with Crippen LogP contribution in [0.15, 0.2) is 18.2 Å². The minimum atomic E-state index is 0.669. The molecule has 0 aromatic heterocycles. The first kappa shape index (κ1) is 11.3. The lowest BCUT2D eigenvalue weighted by molar-refractivity contribution is 0.171. The van der Waals surface area contributed by atoms with E-state index < -0.39 is 0 Å². The number of fused-ring (bicyclic) bond motifs is 1. The van der Waals surface area contributed by atoms with Gasteiger partial charge in [-0.15, -0.1) is 0 Å². The molecule has 88 valence electrons. The van der Waals surface area contributed by atoms with Crippen LogP contribution in [0.2, 0.25) is 0 Å². The Labute approximate surface area is 97.6 Å². The zero-order chi connectivity index (χ0) is 11.2. The molecule has 0 radical (unpaired) electrons. The molecule has 0 spiro atoms. The van der Waals surface area contributed by atoms with Crippen molar-refractivity contribution in [1.29, 1.82) is 0 Å². The lowest BCUT2D eigenvalue weighted by Crippen LogP contribution is -2.15. The molecule has 1 aromatic rings. The summed E-state index contributed by atoms with van der Waals surface area (Å²) in [6, 6.07) is 6.31. The minimum absolute atomic E-state index is 0.669. The highest BCUT2D eigenvalue weighted by atomic mass is 16.6. The topological polar surface area (TPSA) is 18.5 Å². The summed E-state index contributed by atoms with van der Waals surface area (Å²) in [5.74, 6) is 1.81. The lowest BCUT2D eigenvalue weighted by atomic mass is 10.1. The molecule has 1 aliphatic heterocycles. The lowest BCUT2D eigenvalue weighted by Gasteiger charge is -2.18. The van der Waals surface area contributed by atoms with Crippen LogP contribution in [0.5, 0.6) is 11.5 Å². The third-order valence-corrected chi connectivity index (χ3v) is 2.93. The smallest absolute Gasteiger partial charge is 0.161 e. The molecule has 0 saturated heterocycles. The largest absolute Gasteiger partial charge is 0.486 e. The Morgan fingerprint density at radius 2 is 1.81 bits per heavy atom. The Balaban J connectivity index is 1.90. The molecule has 0 bridgehead atoms. The molecule has 1 aliphatic rings. The summed E-state index contributed by atoms with van der Waals surface area (Å²) >= 11 is 0. The van der Waals surface area contributed by atoms with Gasteiger partial charge in [-0.1, -0.05) is 32.3 Å². The summed E-state index contributed by atoms with van der Waals surface area (Å²) in [7, 11) is 0. The average Bonchev–Trinajstić information content (AvgIpc) is 2.34. The van der Waals surface area contributed by atoms with Gasteiger partial charge in [0, 0.05) is 0 Å². The summed E-state index contributed by atoms with van der Waals surface area (Å²) in [6.07, 6.45) is 6.38. The number of rotatable bonds is 5. The predicted molar refractivity (Wildman–Crippen MR) is 65.3 cm³/mol. The van der Waals surface area contributed by atoms with Gasteiger partial charge in [-0.05, 0) is 30.5 Å². The van der Waals surface area contributed by atoms with E-state index in [1.807, 2.05) is 6.07 Å². The summed E-state index contributed by atoms with van der Waals surface area (Å²) in [6.45, 7) is 3.58. The molecular formula is C14H20O2. The van der Waals surface area contributed by atoms with E-state index in [9.17, 15) is 0 Å². The molecule has 1 heterocycles.